The molecule has 0 saturated heterocycles. The van der Waals surface area contributed by atoms with Crippen molar-refractivity contribution in [1.29, 1.82) is 0 Å². The Morgan fingerprint density at radius 3 is 2.47 bits per heavy atom. The Labute approximate surface area is 116 Å². The average molecular weight is 331 g/mol. The van der Waals surface area contributed by atoms with E-state index in [9.17, 15) is 13.2 Å². The molecule has 0 saturated carbocycles. The Bertz CT molecular complexity index is 570. The molecule has 0 aliphatic rings. The Kier molecular flexibility index (Phi) is 4.09. The van der Waals surface area contributed by atoms with E-state index < -0.39 is 11.7 Å². The van der Waals surface area contributed by atoms with Crippen LogP contribution in [-0.2, 0) is 12.7 Å². The van der Waals surface area contributed by atoms with Crippen LogP contribution in [0.2, 0.25) is 0 Å². The molecule has 6 heteroatoms. The number of rotatable bonds is 3. The van der Waals surface area contributed by atoms with Crippen molar-refractivity contribution in [2.24, 2.45) is 0 Å². The van der Waals surface area contributed by atoms with Gasteiger partial charge < -0.3 is 5.32 Å². The first kappa shape index (κ1) is 13.9. The van der Waals surface area contributed by atoms with Gasteiger partial charge in [0.1, 0.15) is 10.4 Å². The second kappa shape index (κ2) is 5.61. The highest BCUT2D eigenvalue weighted by Crippen LogP contribution is 2.32. The molecule has 19 heavy (non-hydrogen) atoms. The molecule has 0 fully saturated rings. The number of hydrogen-bond acceptors (Lipinski definition) is 2. The quantitative estimate of drug-likeness (QED) is 0.839. The van der Waals surface area contributed by atoms with E-state index in [-0.39, 0.29) is 12.1 Å². The second-order valence-corrected chi connectivity index (χ2v) is 4.67. The van der Waals surface area contributed by atoms with Crippen molar-refractivity contribution >= 4 is 21.7 Å². The summed E-state index contributed by atoms with van der Waals surface area (Å²) in [6, 6.07) is 10.7. The summed E-state index contributed by atoms with van der Waals surface area (Å²) in [5, 5.41) is 2.87. The molecule has 1 aromatic heterocycles. The van der Waals surface area contributed by atoms with Crippen molar-refractivity contribution in [2.45, 2.75) is 12.7 Å². The molecule has 0 bridgehead atoms. The molecule has 0 radical (unpaired) electrons. The van der Waals surface area contributed by atoms with Gasteiger partial charge in [-0.15, -0.1) is 0 Å². The van der Waals surface area contributed by atoms with Crippen LogP contribution in [0.25, 0.3) is 0 Å². The fourth-order valence-electron chi connectivity index (χ4n) is 1.64. The number of aromatic nitrogens is 1. The molecule has 0 spiro atoms. The van der Waals surface area contributed by atoms with Crippen LogP contribution in [0.4, 0.5) is 19.0 Å². The summed E-state index contributed by atoms with van der Waals surface area (Å²) < 4.78 is 39.0. The number of anilines is 1. The highest BCUT2D eigenvalue weighted by molar-refractivity contribution is 9.10. The number of alkyl halides is 3. The molecular formula is C13H10BrF3N2. The first-order chi connectivity index (χ1) is 8.97. The molecule has 0 aliphatic carbocycles. The molecule has 1 heterocycles. The number of benzene rings is 1. The van der Waals surface area contributed by atoms with Crippen LogP contribution in [0, 0.1) is 0 Å². The van der Waals surface area contributed by atoms with Gasteiger partial charge in [-0.1, -0.05) is 24.3 Å². The van der Waals surface area contributed by atoms with Crippen molar-refractivity contribution in [3.8, 4) is 0 Å². The van der Waals surface area contributed by atoms with Crippen LogP contribution >= 0.6 is 15.9 Å². The van der Waals surface area contributed by atoms with Gasteiger partial charge in [0, 0.05) is 6.54 Å². The van der Waals surface area contributed by atoms with Gasteiger partial charge in [-0.05, 0) is 39.7 Å². The van der Waals surface area contributed by atoms with Crippen LogP contribution in [0.15, 0.2) is 47.1 Å². The normalized spacial score (nSPS) is 11.4. The minimum atomic E-state index is -4.34. The maximum atomic E-state index is 12.8. The summed E-state index contributed by atoms with van der Waals surface area (Å²) >= 11 is 3.20. The van der Waals surface area contributed by atoms with E-state index in [4.69, 9.17) is 0 Å². The molecule has 0 unspecified atom stereocenters. The summed E-state index contributed by atoms with van der Waals surface area (Å²) in [5.74, 6) is 0.520. The van der Waals surface area contributed by atoms with Crippen molar-refractivity contribution in [2.75, 3.05) is 5.32 Å². The highest BCUT2D eigenvalue weighted by atomic mass is 79.9. The minimum absolute atomic E-state index is 0.0686. The number of nitrogens with zero attached hydrogens (tertiary/aromatic N) is 1. The van der Waals surface area contributed by atoms with Crippen LogP contribution in [0.5, 0.6) is 0 Å². The molecule has 2 nitrogen and oxygen atoms in total. The minimum Gasteiger partial charge on any atom is -0.366 e. The standard InChI is InChI=1S/C13H10BrF3N2/c14-11-6-3-7-12(19-11)18-8-9-4-1-2-5-10(9)13(15,16)17/h1-7H,8H2,(H,18,19). The number of nitrogens with one attached hydrogen (secondary N) is 1. The van der Waals surface area contributed by atoms with Crippen molar-refractivity contribution in [1.82, 2.24) is 4.98 Å². The third-order valence-electron chi connectivity index (χ3n) is 2.50. The van der Waals surface area contributed by atoms with E-state index in [2.05, 4.69) is 26.2 Å². The average Bonchev–Trinajstić information content (AvgIpc) is 2.36. The predicted octanol–water partition coefficient (Wildman–Crippen LogP) is 4.48. The smallest absolute Gasteiger partial charge is 0.366 e. The first-order valence-corrected chi connectivity index (χ1v) is 6.27. The van der Waals surface area contributed by atoms with Crippen molar-refractivity contribution < 1.29 is 13.2 Å². The summed E-state index contributed by atoms with van der Waals surface area (Å²) in [7, 11) is 0. The van der Waals surface area contributed by atoms with E-state index in [1.165, 1.54) is 12.1 Å². The first-order valence-electron chi connectivity index (χ1n) is 5.48. The van der Waals surface area contributed by atoms with Crippen molar-refractivity contribution in [3.05, 3.63) is 58.2 Å². The lowest BCUT2D eigenvalue weighted by Crippen LogP contribution is -2.12. The van der Waals surface area contributed by atoms with Gasteiger partial charge in [-0.2, -0.15) is 13.2 Å². The maximum absolute atomic E-state index is 12.8. The summed E-state index contributed by atoms with van der Waals surface area (Å²) in [5.41, 5.74) is -0.436. The van der Waals surface area contributed by atoms with Gasteiger partial charge in [-0.25, -0.2) is 4.98 Å². The zero-order valence-electron chi connectivity index (χ0n) is 9.71. The maximum Gasteiger partial charge on any atom is 0.416 e. The Morgan fingerprint density at radius 2 is 1.79 bits per heavy atom. The van der Waals surface area contributed by atoms with Gasteiger partial charge in [0.15, 0.2) is 0 Å². The lowest BCUT2D eigenvalue weighted by molar-refractivity contribution is -0.138. The molecular weight excluding hydrogens is 321 g/mol. The Morgan fingerprint density at radius 1 is 1.05 bits per heavy atom. The van der Waals surface area contributed by atoms with Crippen LogP contribution in [0.1, 0.15) is 11.1 Å². The molecule has 2 aromatic rings. The molecule has 0 aliphatic heterocycles. The topological polar surface area (TPSA) is 24.9 Å². The lowest BCUT2D eigenvalue weighted by Gasteiger charge is -2.13. The lowest BCUT2D eigenvalue weighted by atomic mass is 10.1. The Hall–Kier alpha value is -1.56. The summed E-state index contributed by atoms with van der Waals surface area (Å²) in [6.45, 7) is 0.0686. The fraction of sp³-hybridized carbons (Fsp3) is 0.154. The van der Waals surface area contributed by atoms with Gasteiger partial charge in [0.05, 0.1) is 5.56 Å². The Balaban J connectivity index is 2.16. The van der Waals surface area contributed by atoms with Crippen LogP contribution < -0.4 is 5.32 Å². The van der Waals surface area contributed by atoms with E-state index in [1.807, 2.05) is 0 Å². The number of pyridine rings is 1. The third kappa shape index (κ3) is 3.70. The predicted molar refractivity (Wildman–Crippen MR) is 70.7 cm³/mol. The molecule has 1 aromatic carbocycles. The summed E-state index contributed by atoms with van der Waals surface area (Å²) in [6.07, 6.45) is -4.34. The number of hydrogen-bond donors (Lipinski definition) is 1. The van der Waals surface area contributed by atoms with Gasteiger partial charge in [-0.3, -0.25) is 0 Å². The highest BCUT2D eigenvalue weighted by Gasteiger charge is 2.32. The largest absolute Gasteiger partial charge is 0.416 e. The molecule has 1 N–H and O–H groups in total. The van der Waals surface area contributed by atoms with E-state index in [0.29, 0.717) is 10.4 Å². The number of halogens is 4. The fourth-order valence-corrected chi connectivity index (χ4v) is 1.99. The zero-order chi connectivity index (χ0) is 13.9. The zero-order valence-corrected chi connectivity index (χ0v) is 11.3. The van der Waals surface area contributed by atoms with E-state index in [1.54, 1.807) is 24.3 Å². The SMILES string of the molecule is FC(F)(F)c1ccccc1CNc1cccc(Br)n1. The van der Waals surface area contributed by atoms with Crippen molar-refractivity contribution in [3.63, 3.8) is 0 Å². The second-order valence-electron chi connectivity index (χ2n) is 3.85. The van der Waals surface area contributed by atoms with Crippen LogP contribution in [0.3, 0.4) is 0 Å². The molecule has 2 rings (SSSR count). The molecule has 0 amide bonds. The van der Waals surface area contributed by atoms with Crippen LogP contribution in [-0.4, -0.2) is 4.98 Å². The van der Waals surface area contributed by atoms with Gasteiger partial charge in [0.2, 0.25) is 0 Å². The molecule has 100 valence electrons. The van der Waals surface area contributed by atoms with E-state index >= 15 is 0 Å². The van der Waals surface area contributed by atoms with E-state index in [0.717, 1.165) is 6.07 Å². The van der Waals surface area contributed by atoms with Gasteiger partial charge >= 0.3 is 6.18 Å². The molecule has 0 atom stereocenters. The van der Waals surface area contributed by atoms with Gasteiger partial charge in [0.25, 0.3) is 0 Å². The summed E-state index contributed by atoms with van der Waals surface area (Å²) in [4.78, 5) is 4.10. The third-order valence-corrected chi connectivity index (χ3v) is 2.94. The monoisotopic (exact) mass is 330 g/mol.